The van der Waals surface area contributed by atoms with Gasteiger partial charge in [0.15, 0.2) is 0 Å². The lowest BCUT2D eigenvalue weighted by atomic mass is 9.95. The fourth-order valence-corrected chi connectivity index (χ4v) is 3.44. The molecule has 0 amide bonds. The van der Waals surface area contributed by atoms with E-state index in [2.05, 4.69) is 27.0 Å². The third kappa shape index (κ3) is 3.47. The number of anilines is 1. The molecule has 0 spiro atoms. The first-order valence-electron chi connectivity index (χ1n) is 7.93. The van der Waals surface area contributed by atoms with Gasteiger partial charge in [-0.2, -0.15) is 18.4 Å². The van der Waals surface area contributed by atoms with Crippen molar-refractivity contribution in [2.75, 3.05) is 18.5 Å². The van der Waals surface area contributed by atoms with E-state index in [1.165, 1.54) is 12.1 Å². The molecule has 0 fully saturated rings. The summed E-state index contributed by atoms with van der Waals surface area (Å²) in [6.45, 7) is 0.248. The van der Waals surface area contributed by atoms with E-state index in [4.69, 9.17) is 5.26 Å². The van der Waals surface area contributed by atoms with Crippen LogP contribution in [-0.4, -0.2) is 25.3 Å². The van der Waals surface area contributed by atoms with E-state index in [0.717, 1.165) is 16.2 Å². The first kappa shape index (κ1) is 18.5. The molecular formula is C19H15BrF3N3. The van der Waals surface area contributed by atoms with Crippen LogP contribution in [0.2, 0.25) is 0 Å². The highest BCUT2D eigenvalue weighted by Crippen LogP contribution is 2.36. The molecule has 3 nitrogen and oxygen atoms in total. The first-order chi connectivity index (χ1) is 12.3. The quantitative estimate of drug-likeness (QED) is 0.681. The smallest absolute Gasteiger partial charge is 0.368 e. The summed E-state index contributed by atoms with van der Waals surface area (Å²) in [5.41, 5.74) is 0.985. The Kier molecular flexibility index (Phi) is 5.05. The first-order valence-corrected chi connectivity index (χ1v) is 8.73. The maximum atomic E-state index is 13.5. The average molecular weight is 422 g/mol. The minimum absolute atomic E-state index is 0.0466. The Morgan fingerprint density at radius 3 is 2.65 bits per heavy atom. The summed E-state index contributed by atoms with van der Waals surface area (Å²) in [4.78, 5) is 6.42. The van der Waals surface area contributed by atoms with Crippen molar-refractivity contribution in [3.8, 4) is 6.07 Å². The van der Waals surface area contributed by atoms with Crippen molar-refractivity contribution in [3.05, 3.63) is 63.6 Å². The van der Waals surface area contributed by atoms with E-state index in [9.17, 15) is 13.2 Å². The molecule has 0 N–H and O–H groups in total. The number of nitriles is 1. The van der Waals surface area contributed by atoms with Crippen LogP contribution in [0.25, 0.3) is 0 Å². The number of benzene rings is 2. The van der Waals surface area contributed by atoms with Crippen molar-refractivity contribution >= 4 is 27.3 Å². The standard InChI is InChI=1S/C19H15BrF3N3/c1-26-13(8-9-24)11-25-18(15-10-12(20)6-7-17(15)26)14-4-2-3-5-16(14)19(21,22)23/h2-7,10,13H,8,11H2,1H3. The molecular weight excluding hydrogens is 407 g/mol. The Morgan fingerprint density at radius 2 is 1.96 bits per heavy atom. The van der Waals surface area contributed by atoms with Crippen molar-refractivity contribution in [2.24, 2.45) is 4.99 Å². The third-order valence-corrected chi connectivity index (χ3v) is 4.91. The van der Waals surface area contributed by atoms with Gasteiger partial charge in [-0.15, -0.1) is 0 Å². The van der Waals surface area contributed by atoms with Gasteiger partial charge in [-0.25, -0.2) is 0 Å². The van der Waals surface area contributed by atoms with E-state index in [1.807, 2.05) is 24.1 Å². The molecule has 0 saturated heterocycles. The molecule has 0 bridgehead atoms. The fraction of sp³-hybridized carbons (Fsp3) is 0.263. The lowest BCUT2D eigenvalue weighted by Crippen LogP contribution is -2.33. The van der Waals surface area contributed by atoms with Crippen LogP contribution in [-0.2, 0) is 6.18 Å². The molecule has 26 heavy (non-hydrogen) atoms. The van der Waals surface area contributed by atoms with Crippen LogP contribution >= 0.6 is 15.9 Å². The van der Waals surface area contributed by atoms with Gasteiger partial charge < -0.3 is 4.90 Å². The third-order valence-electron chi connectivity index (χ3n) is 4.42. The van der Waals surface area contributed by atoms with E-state index in [1.54, 1.807) is 12.1 Å². The number of likely N-dealkylation sites (N-methyl/N-ethyl adjacent to an activating group) is 1. The molecule has 3 rings (SSSR count). The van der Waals surface area contributed by atoms with Crippen LogP contribution in [0.1, 0.15) is 23.1 Å². The number of hydrogen-bond acceptors (Lipinski definition) is 3. The van der Waals surface area contributed by atoms with E-state index >= 15 is 0 Å². The number of halogens is 4. The Morgan fingerprint density at radius 1 is 1.23 bits per heavy atom. The summed E-state index contributed by atoms with van der Waals surface area (Å²) in [7, 11) is 1.84. The number of fused-ring (bicyclic) bond motifs is 1. The van der Waals surface area contributed by atoms with Crippen molar-refractivity contribution in [1.29, 1.82) is 5.26 Å². The van der Waals surface area contributed by atoms with Crippen molar-refractivity contribution in [2.45, 2.75) is 18.6 Å². The van der Waals surface area contributed by atoms with Crippen LogP contribution in [0.4, 0.5) is 18.9 Å². The molecule has 0 radical (unpaired) electrons. The highest BCUT2D eigenvalue weighted by Gasteiger charge is 2.35. The normalized spacial score (nSPS) is 17.2. The molecule has 1 aliphatic rings. The lowest BCUT2D eigenvalue weighted by molar-refractivity contribution is -0.137. The zero-order chi connectivity index (χ0) is 18.9. The van der Waals surface area contributed by atoms with Crippen LogP contribution < -0.4 is 4.90 Å². The second-order valence-electron chi connectivity index (χ2n) is 6.02. The number of aliphatic imine (C=N–C) groups is 1. The van der Waals surface area contributed by atoms with Gasteiger partial charge in [0, 0.05) is 28.3 Å². The summed E-state index contributed by atoms with van der Waals surface area (Å²) < 4.78 is 41.3. The van der Waals surface area contributed by atoms with E-state index in [0.29, 0.717) is 11.3 Å². The number of alkyl halides is 3. The highest BCUT2D eigenvalue weighted by atomic mass is 79.9. The topological polar surface area (TPSA) is 39.4 Å². The van der Waals surface area contributed by atoms with Gasteiger partial charge in [-0.3, -0.25) is 4.99 Å². The number of benzodiazepines with no additional fused rings is 1. The maximum absolute atomic E-state index is 13.5. The summed E-state index contributed by atoms with van der Waals surface area (Å²) in [6, 6.07) is 12.8. The predicted molar refractivity (Wildman–Crippen MR) is 98.5 cm³/mol. The largest absolute Gasteiger partial charge is 0.417 e. The van der Waals surface area contributed by atoms with E-state index in [-0.39, 0.29) is 24.6 Å². The molecule has 7 heteroatoms. The maximum Gasteiger partial charge on any atom is 0.417 e. The van der Waals surface area contributed by atoms with Crippen molar-refractivity contribution in [3.63, 3.8) is 0 Å². The Bertz CT molecular complexity index is 900. The summed E-state index contributed by atoms with van der Waals surface area (Å²) in [5.74, 6) is 0. The summed E-state index contributed by atoms with van der Waals surface area (Å²) >= 11 is 3.39. The number of rotatable bonds is 2. The molecule has 0 aliphatic carbocycles. The average Bonchev–Trinajstić information content (AvgIpc) is 2.72. The van der Waals surface area contributed by atoms with Crippen LogP contribution in [0.5, 0.6) is 0 Å². The number of hydrogen-bond donors (Lipinski definition) is 0. The Balaban J connectivity index is 2.24. The Hall–Kier alpha value is -2.33. The molecule has 0 saturated carbocycles. The second kappa shape index (κ2) is 7.12. The van der Waals surface area contributed by atoms with Gasteiger partial charge in [0.1, 0.15) is 0 Å². The summed E-state index contributed by atoms with van der Waals surface area (Å²) in [5, 5.41) is 9.07. The minimum Gasteiger partial charge on any atom is -0.368 e. The van der Waals surface area contributed by atoms with Crippen molar-refractivity contribution < 1.29 is 13.2 Å². The van der Waals surface area contributed by atoms with Gasteiger partial charge in [-0.05, 0) is 24.3 Å². The zero-order valence-corrected chi connectivity index (χ0v) is 15.5. The molecule has 0 aromatic heterocycles. The number of nitrogens with zero attached hydrogens (tertiary/aromatic N) is 3. The molecule has 1 unspecified atom stereocenters. The molecule has 1 aliphatic heterocycles. The van der Waals surface area contributed by atoms with Crippen LogP contribution in [0.3, 0.4) is 0 Å². The second-order valence-corrected chi connectivity index (χ2v) is 6.94. The predicted octanol–water partition coefficient (Wildman–Crippen LogP) is 5.04. The molecule has 1 heterocycles. The Labute approximate surface area is 157 Å². The molecule has 2 aromatic rings. The van der Waals surface area contributed by atoms with Gasteiger partial charge >= 0.3 is 6.18 Å². The molecule has 1 atom stereocenters. The fourth-order valence-electron chi connectivity index (χ4n) is 3.08. The van der Waals surface area contributed by atoms with Gasteiger partial charge in [0.2, 0.25) is 0 Å². The van der Waals surface area contributed by atoms with Gasteiger partial charge in [0.25, 0.3) is 0 Å². The van der Waals surface area contributed by atoms with Gasteiger partial charge in [0.05, 0.1) is 36.4 Å². The van der Waals surface area contributed by atoms with Gasteiger partial charge in [-0.1, -0.05) is 34.1 Å². The molecule has 134 valence electrons. The summed E-state index contributed by atoms with van der Waals surface area (Å²) in [6.07, 6.45) is -4.24. The zero-order valence-electron chi connectivity index (χ0n) is 13.9. The van der Waals surface area contributed by atoms with Crippen molar-refractivity contribution in [1.82, 2.24) is 0 Å². The lowest BCUT2D eigenvalue weighted by Gasteiger charge is -2.27. The van der Waals surface area contributed by atoms with Crippen LogP contribution in [0.15, 0.2) is 51.9 Å². The van der Waals surface area contributed by atoms with E-state index < -0.39 is 11.7 Å². The SMILES string of the molecule is CN1c2ccc(Br)cc2C(c2ccccc2C(F)(F)F)=NCC1CC#N. The highest BCUT2D eigenvalue weighted by molar-refractivity contribution is 9.10. The molecule has 2 aromatic carbocycles. The van der Waals surface area contributed by atoms with Crippen LogP contribution in [0, 0.1) is 11.3 Å². The monoisotopic (exact) mass is 421 g/mol. The minimum atomic E-state index is -4.48.